The van der Waals surface area contributed by atoms with Crippen LogP contribution in [-0.4, -0.2) is 53.8 Å². The third-order valence-corrected chi connectivity index (χ3v) is 5.41. The number of nitrogens with one attached hydrogen (secondary N) is 1. The predicted molar refractivity (Wildman–Crippen MR) is 113 cm³/mol. The molecule has 1 unspecified atom stereocenters. The number of esters is 1. The topological polar surface area (TPSA) is 83.9 Å². The first kappa shape index (κ1) is 21.9. The van der Waals surface area contributed by atoms with Crippen LogP contribution < -0.4 is 5.32 Å². The van der Waals surface area contributed by atoms with Crippen molar-refractivity contribution >= 4 is 40.6 Å². The van der Waals surface area contributed by atoms with Crippen molar-refractivity contribution in [2.45, 2.75) is 19.4 Å². The summed E-state index contributed by atoms with van der Waals surface area (Å²) in [6.07, 6.45) is 2.32. The lowest BCUT2D eigenvalue weighted by molar-refractivity contribution is -0.136. The molecular weight excluding hydrogens is 431 g/mol. The number of aromatic nitrogens is 1. The molecule has 0 radical (unpaired) electrons. The summed E-state index contributed by atoms with van der Waals surface area (Å²) in [5, 5.41) is 6.04. The smallest absolute Gasteiger partial charge is 0.337 e. The number of carbonyl (C=O) groups is 2. The van der Waals surface area contributed by atoms with Crippen molar-refractivity contribution in [2.24, 2.45) is 4.99 Å². The van der Waals surface area contributed by atoms with Gasteiger partial charge in [-0.25, -0.2) is 14.2 Å². The summed E-state index contributed by atoms with van der Waals surface area (Å²) in [6, 6.07) is 5.77. The molecule has 1 aromatic heterocycles. The van der Waals surface area contributed by atoms with E-state index in [1.807, 2.05) is 10.3 Å². The van der Waals surface area contributed by atoms with Crippen LogP contribution in [0.15, 0.2) is 52.1 Å². The first-order valence-electron chi connectivity index (χ1n) is 9.09. The number of carbonyl (C=O) groups excluding carboxylic acids is 2. The van der Waals surface area contributed by atoms with Crippen molar-refractivity contribution in [3.8, 4) is 0 Å². The number of hydrogen-bond acceptors (Lipinski definition) is 7. The van der Waals surface area contributed by atoms with Gasteiger partial charge in [0.1, 0.15) is 5.82 Å². The Kier molecular flexibility index (Phi) is 7.17. The molecule has 0 spiro atoms. The number of aliphatic imine (C=N–C) groups is 1. The van der Waals surface area contributed by atoms with Gasteiger partial charge in [0.25, 0.3) is 0 Å². The zero-order valence-electron chi connectivity index (χ0n) is 16.4. The van der Waals surface area contributed by atoms with Crippen molar-refractivity contribution in [3.05, 3.63) is 63.0 Å². The molecule has 0 bridgehead atoms. The highest BCUT2D eigenvalue weighted by Gasteiger charge is 2.37. The highest BCUT2D eigenvalue weighted by molar-refractivity contribution is 7.11. The van der Waals surface area contributed by atoms with Gasteiger partial charge in [0.2, 0.25) is 5.91 Å². The Morgan fingerprint density at radius 3 is 2.77 bits per heavy atom. The SMILES string of the molecule is COC(=O)C1=C2CC(NC(C)=O)CN2C(c2nccs2)=NC1.Fc1cccc(Cl)c1. The largest absolute Gasteiger partial charge is 0.466 e. The lowest BCUT2D eigenvalue weighted by Crippen LogP contribution is -2.38. The molecule has 2 aliphatic heterocycles. The van der Waals surface area contributed by atoms with Crippen LogP contribution >= 0.6 is 22.9 Å². The van der Waals surface area contributed by atoms with Crippen LogP contribution in [0.1, 0.15) is 18.4 Å². The van der Waals surface area contributed by atoms with Crippen LogP contribution in [0, 0.1) is 5.82 Å². The Labute approximate surface area is 182 Å². The van der Waals surface area contributed by atoms with Crippen LogP contribution in [-0.2, 0) is 14.3 Å². The number of fused-ring (bicyclic) bond motifs is 1. The van der Waals surface area contributed by atoms with Gasteiger partial charge in [-0.3, -0.25) is 9.79 Å². The highest BCUT2D eigenvalue weighted by Crippen LogP contribution is 2.31. The van der Waals surface area contributed by atoms with Gasteiger partial charge in [-0.1, -0.05) is 17.7 Å². The lowest BCUT2D eigenvalue weighted by Gasteiger charge is -2.26. The van der Waals surface area contributed by atoms with Crippen molar-refractivity contribution < 1.29 is 18.7 Å². The Hall–Kier alpha value is -2.78. The number of ether oxygens (including phenoxy) is 1. The fraction of sp³-hybridized carbons (Fsp3) is 0.300. The minimum atomic E-state index is -0.370. The second-order valence-corrected chi connectivity index (χ2v) is 7.88. The highest BCUT2D eigenvalue weighted by atomic mass is 35.5. The normalized spacial score (nSPS) is 17.5. The fourth-order valence-corrected chi connectivity index (χ4v) is 4.07. The van der Waals surface area contributed by atoms with Gasteiger partial charge in [0.05, 0.1) is 25.3 Å². The Bertz CT molecular complexity index is 976. The number of halogens is 2. The average Bonchev–Trinajstić information content (AvgIpc) is 3.36. The minimum Gasteiger partial charge on any atom is -0.466 e. The number of benzene rings is 1. The standard InChI is InChI=1S/C14H16N4O3S.C6H4ClF/c1-8(19)17-9-5-11-10(14(20)21-2)6-16-12(18(11)7-9)13-15-3-4-22-13;7-5-2-1-3-6(8)4-5/h3-4,9H,5-7H2,1-2H3,(H,17,19);1-4H. The van der Waals surface area contributed by atoms with Gasteiger partial charge in [0.15, 0.2) is 10.8 Å². The average molecular weight is 451 g/mol. The second-order valence-electron chi connectivity index (χ2n) is 6.55. The molecule has 10 heteroatoms. The van der Waals surface area contributed by atoms with Crippen LogP contribution in [0.4, 0.5) is 4.39 Å². The Morgan fingerprint density at radius 2 is 2.20 bits per heavy atom. The molecule has 1 N–H and O–H groups in total. The molecule has 158 valence electrons. The zero-order valence-corrected chi connectivity index (χ0v) is 18.0. The molecule has 2 aromatic rings. The van der Waals surface area contributed by atoms with Crippen LogP contribution in [0.5, 0.6) is 0 Å². The van der Waals surface area contributed by atoms with Crippen molar-refractivity contribution in [1.82, 2.24) is 15.2 Å². The number of amides is 1. The monoisotopic (exact) mass is 450 g/mol. The maximum absolute atomic E-state index is 12.1. The van der Waals surface area contributed by atoms with E-state index in [0.29, 0.717) is 23.6 Å². The quantitative estimate of drug-likeness (QED) is 0.727. The summed E-state index contributed by atoms with van der Waals surface area (Å²) in [7, 11) is 1.36. The van der Waals surface area contributed by atoms with Crippen molar-refractivity contribution in [3.63, 3.8) is 0 Å². The first-order chi connectivity index (χ1) is 14.4. The molecule has 1 fully saturated rings. The molecule has 1 amide bonds. The third-order valence-electron chi connectivity index (χ3n) is 4.41. The number of hydrogen-bond donors (Lipinski definition) is 1. The summed E-state index contributed by atoms with van der Waals surface area (Å²) in [6.45, 7) is 2.34. The molecule has 3 heterocycles. The van der Waals surface area contributed by atoms with Crippen molar-refractivity contribution in [1.29, 1.82) is 0 Å². The number of nitrogens with zero attached hydrogens (tertiary/aromatic N) is 3. The van der Waals surface area contributed by atoms with E-state index in [1.165, 1.54) is 37.5 Å². The Morgan fingerprint density at radius 1 is 1.40 bits per heavy atom. The van der Waals surface area contributed by atoms with Crippen LogP contribution in [0.2, 0.25) is 5.02 Å². The van der Waals surface area contributed by atoms with E-state index >= 15 is 0 Å². The molecule has 0 saturated carbocycles. The lowest BCUT2D eigenvalue weighted by atomic mass is 10.1. The van der Waals surface area contributed by atoms with E-state index in [9.17, 15) is 14.0 Å². The van der Waals surface area contributed by atoms with Crippen LogP contribution in [0.25, 0.3) is 0 Å². The Balaban J connectivity index is 0.000000269. The molecule has 0 aliphatic carbocycles. The second kappa shape index (κ2) is 9.82. The first-order valence-corrected chi connectivity index (χ1v) is 10.3. The minimum absolute atomic E-state index is 0.0459. The van der Waals surface area contributed by atoms with E-state index < -0.39 is 0 Å². The fourth-order valence-electron chi connectivity index (χ4n) is 3.24. The molecule has 1 atom stereocenters. The maximum Gasteiger partial charge on any atom is 0.337 e. The van der Waals surface area contributed by atoms with E-state index in [-0.39, 0.29) is 30.3 Å². The van der Waals surface area contributed by atoms with Gasteiger partial charge in [-0.05, 0) is 18.2 Å². The molecule has 4 rings (SSSR count). The van der Waals surface area contributed by atoms with Gasteiger partial charge >= 0.3 is 5.97 Å². The summed E-state index contributed by atoms with van der Waals surface area (Å²) >= 11 is 6.90. The predicted octanol–water partition coefficient (Wildman–Crippen LogP) is 3.02. The molecule has 30 heavy (non-hydrogen) atoms. The maximum atomic E-state index is 12.1. The van der Waals surface area contributed by atoms with E-state index in [2.05, 4.69) is 15.3 Å². The number of amidine groups is 1. The number of thiazole rings is 1. The van der Waals surface area contributed by atoms with Crippen LogP contribution in [0.3, 0.4) is 0 Å². The third kappa shape index (κ3) is 5.22. The van der Waals surface area contributed by atoms with E-state index in [4.69, 9.17) is 16.3 Å². The van der Waals surface area contributed by atoms with E-state index in [1.54, 1.807) is 18.3 Å². The van der Waals surface area contributed by atoms with Gasteiger partial charge in [-0.2, -0.15) is 0 Å². The number of rotatable bonds is 3. The molecule has 1 aromatic carbocycles. The van der Waals surface area contributed by atoms with E-state index in [0.717, 1.165) is 16.5 Å². The molecular formula is C20H20ClFN4O3S. The summed E-state index contributed by atoms with van der Waals surface area (Å²) in [4.78, 5) is 34.0. The molecule has 7 nitrogen and oxygen atoms in total. The summed E-state index contributed by atoms with van der Waals surface area (Å²) in [5.41, 5.74) is 1.42. The number of methoxy groups -OCH3 is 1. The van der Waals surface area contributed by atoms with Gasteiger partial charge in [-0.15, -0.1) is 11.3 Å². The molecule has 1 saturated heterocycles. The zero-order chi connectivity index (χ0) is 21.7. The summed E-state index contributed by atoms with van der Waals surface area (Å²) < 4.78 is 16.9. The van der Waals surface area contributed by atoms with Gasteiger partial charge < -0.3 is 15.0 Å². The van der Waals surface area contributed by atoms with Gasteiger partial charge in [0, 0.05) is 42.2 Å². The molecule has 2 aliphatic rings. The summed E-state index contributed by atoms with van der Waals surface area (Å²) in [5.74, 6) is 0.00576. The van der Waals surface area contributed by atoms with Crippen molar-refractivity contribution in [2.75, 3.05) is 20.2 Å².